The molecule has 0 aliphatic rings. The molecule has 0 aromatic carbocycles. The number of fused-ring (bicyclic) bond motifs is 1. The number of nitrogens with zero attached hydrogens (tertiary/aromatic N) is 1. The summed E-state index contributed by atoms with van der Waals surface area (Å²) >= 11 is 0. The van der Waals surface area contributed by atoms with Crippen LogP contribution in [0.25, 0.3) is 5.52 Å². The number of methoxy groups -OCH3 is 1. The fourth-order valence-corrected chi connectivity index (χ4v) is 2.66. The van der Waals surface area contributed by atoms with Gasteiger partial charge in [0.2, 0.25) is 0 Å². The summed E-state index contributed by atoms with van der Waals surface area (Å²) in [7, 11) is 1.70. The number of pyridine rings is 1. The fraction of sp³-hybridized carbons (Fsp3) is 0.471. The standard InChI is InChI=1S/C17H23NO3/c1-5-10-21-17(19)14-11-13-8-7-9-18(13)16(12(14)3)15(6-2)20-4/h7-9,11,15H,5-6,10H2,1-4H3. The Kier molecular flexibility index (Phi) is 5.02. The fourth-order valence-electron chi connectivity index (χ4n) is 2.66. The van der Waals surface area contributed by atoms with E-state index in [1.165, 1.54) is 0 Å². The second-order valence-corrected chi connectivity index (χ2v) is 5.14. The Hall–Kier alpha value is -1.81. The molecule has 4 nitrogen and oxygen atoms in total. The molecule has 0 aliphatic heterocycles. The summed E-state index contributed by atoms with van der Waals surface area (Å²) in [6.07, 6.45) is 3.62. The van der Waals surface area contributed by atoms with Crippen LogP contribution in [0.4, 0.5) is 0 Å². The molecule has 1 unspecified atom stereocenters. The quantitative estimate of drug-likeness (QED) is 0.757. The third-order valence-corrected chi connectivity index (χ3v) is 3.74. The second kappa shape index (κ2) is 6.76. The zero-order valence-electron chi connectivity index (χ0n) is 13.2. The molecule has 1 atom stereocenters. The van der Waals surface area contributed by atoms with Crippen molar-refractivity contribution < 1.29 is 14.3 Å². The summed E-state index contributed by atoms with van der Waals surface area (Å²) in [5.41, 5.74) is 3.55. The minimum Gasteiger partial charge on any atom is -0.462 e. The molecule has 21 heavy (non-hydrogen) atoms. The molecule has 0 N–H and O–H groups in total. The van der Waals surface area contributed by atoms with Crippen molar-refractivity contribution in [2.75, 3.05) is 13.7 Å². The van der Waals surface area contributed by atoms with Gasteiger partial charge < -0.3 is 13.9 Å². The van der Waals surface area contributed by atoms with Gasteiger partial charge in [-0.2, -0.15) is 0 Å². The molecule has 2 aromatic rings. The van der Waals surface area contributed by atoms with Crippen molar-refractivity contribution in [3.8, 4) is 0 Å². The molecule has 0 aliphatic carbocycles. The largest absolute Gasteiger partial charge is 0.462 e. The lowest BCUT2D eigenvalue weighted by Crippen LogP contribution is -2.15. The van der Waals surface area contributed by atoms with E-state index in [0.717, 1.165) is 29.6 Å². The van der Waals surface area contributed by atoms with Gasteiger partial charge in [0.05, 0.1) is 24.0 Å². The maximum Gasteiger partial charge on any atom is 0.338 e. The lowest BCUT2D eigenvalue weighted by atomic mass is 10.0. The van der Waals surface area contributed by atoms with Crippen LogP contribution >= 0.6 is 0 Å². The zero-order chi connectivity index (χ0) is 15.4. The Labute approximate surface area is 125 Å². The molecule has 2 aromatic heterocycles. The number of carbonyl (C=O) groups is 1. The molecule has 2 heterocycles. The van der Waals surface area contributed by atoms with Gasteiger partial charge in [-0.1, -0.05) is 13.8 Å². The van der Waals surface area contributed by atoms with E-state index in [-0.39, 0.29) is 12.1 Å². The molecule has 114 valence electrons. The first-order valence-corrected chi connectivity index (χ1v) is 7.44. The van der Waals surface area contributed by atoms with Gasteiger partial charge in [0.15, 0.2) is 0 Å². The second-order valence-electron chi connectivity index (χ2n) is 5.14. The average Bonchev–Trinajstić information content (AvgIpc) is 2.95. The van der Waals surface area contributed by atoms with E-state index < -0.39 is 0 Å². The number of hydrogen-bond acceptors (Lipinski definition) is 3. The molecule has 0 amide bonds. The van der Waals surface area contributed by atoms with Crippen molar-refractivity contribution in [2.24, 2.45) is 0 Å². The van der Waals surface area contributed by atoms with Crippen molar-refractivity contribution in [1.82, 2.24) is 4.40 Å². The van der Waals surface area contributed by atoms with Crippen LogP contribution in [0, 0.1) is 6.92 Å². The number of aromatic nitrogens is 1. The maximum absolute atomic E-state index is 12.3. The van der Waals surface area contributed by atoms with Gasteiger partial charge in [0.1, 0.15) is 0 Å². The van der Waals surface area contributed by atoms with Crippen molar-refractivity contribution in [3.63, 3.8) is 0 Å². The highest BCUT2D eigenvalue weighted by atomic mass is 16.5. The number of esters is 1. The lowest BCUT2D eigenvalue weighted by molar-refractivity contribution is 0.0502. The van der Waals surface area contributed by atoms with E-state index >= 15 is 0 Å². The van der Waals surface area contributed by atoms with Crippen LogP contribution < -0.4 is 0 Å². The molecule has 0 fully saturated rings. The zero-order valence-corrected chi connectivity index (χ0v) is 13.2. The summed E-state index contributed by atoms with van der Waals surface area (Å²) in [5, 5.41) is 0. The van der Waals surface area contributed by atoms with Gasteiger partial charge in [0, 0.05) is 18.8 Å². The van der Waals surface area contributed by atoms with Crippen LogP contribution in [0.5, 0.6) is 0 Å². The van der Waals surface area contributed by atoms with Crippen molar-refractivity contribution in [3.05, 3.63) is 41.2 Å². The monoisotopic (exact) mass is 289 g/mol. The number of carbonyl (C=O) groups excluding carboxylic acids is 1. The highest BCUT2D eigenvalue weighted by Gasteiger charge is 2.21. The molecule has 0 radical (unpaired) electrons. The highest BCUT2D eigenvalue weighted by molar-refractivity contribution is 5.92. The van der Waals surface area contributed by atoms with E-state index in [2.05, 4.69) is 11.3 Å². The third-order valence-electron chi connectivity index (χ3n) is 3.74. The minimum atomic E-state index is -0.259. The predicted molar refractivity (Wildman–Crippen MR) is 82.7 cm³/mol. The number of ether oxygens (including phenoxy) is 2. The summed E-state index contributed by atoms with van der Waals surface area (Å²) in [6, 6.07) is 5.85. The first-order valence-electron chi connectivity index (χ1n) is 7.44. The Morgan fingerprint density at radius 3 is 2.76 bits per heavy atom. The normalized spacial score (nSPS) is 12.6. The van der Waals surface area contributed by atoms with Crippen LogP contribution in [0.15, 0.2) is 24.4 Å². The molecular formula is C17H23NO3. The number of hydrogen-bond donors (Lipinski definition) is 0. The molecular weight excluding hydrogens is 266 g/mol. The average molecular weight is 289 g/mol. The van der Waals surface area contributed by atoms with Gasteiger partial charge in [-0.25, -0.2) is 4.79 Å². The molecule has 0 spiro atoms. The molecule has 0 saturated heterocycles. The molecule has 2 rings (SSSR count). The SMILES string of the molecule is CCCOC(=O)c1cc2cccn2c(C(CC)OC)c1C. The van der Waals surface area contributed by atoms with Gasteiger partial charge >= 0.3 is 5.97 Å². The van der Waals surface area contributed by atoms with Gasteiger partial charge in [-0.05, 0) is 43.5 Å². The van der Waals surface area contributed by atoms with Crippen LogP contribution in [0.1, 0.15) is 54.4 Å². The Bertz CT molecular complexity index is 626. The lowest BCUT2D eigenvalue weighted by Gasteiger charge is -2.20. The van der Waals surface area contributed by atoms with Gasteiger partial charge in [-0.15, -0.1) is 0 Å². The Morgan fingerprint density at radius 2 is 2.14 bits per heavy atom. The first-order chi connectivity index (χ1) is 10.1. The summed E-state index contributed by atoms with van der Waals surface area (Å²) in [6.45, 7) is 6.46. The van der Waals surface area contributed by atoms with E-state index in [1.807, 2.05) is 38.2 Å². The van der Waals surface area contributed by atoms with E-state index in [4.69, 9.17) is 9.47 Å². The Morgan fingerprint density at radius 1 is 1.38 bits per heavy atom. The number of rotatable bonds is 6. The van der Waals surface area contributed by atoms with Crippen molar-refractivity contribution in [2.45, 2.75) is 39.7 Å². The van der Waals surface area contributed by atoms with E-state index in [9.17, 15) is 4.79 Å². The van der Waals surface area contributed by atoms with Crippen LogP contribution in [0.2, 0.25) is 0 Å². The molecule has 0 saturated carbocycles. The summed E-state index contributed by atoms with van der Waals surface area (Å²) in [5.74, 6) is -0.259. The summed E-state index contributed by atoms with van der Waals surface area (Å²) in [4.78, 5) is 12.3. The maximum atomic E-state index is 12.3. The third kappa shape index (κ3) is 2.95. The summed E-state index contributed by atoms with van der Waals surface area (Å²) < 4.78 is 13.0. The highest BCUT2D eigenvalue weighted by Crippen LogP contribution is 2.28. The topological polar surface area (TPSA) is 39.9 Å². The van der Waals surface area contributed by atoms with E-state index in [1.54, 1.807) is 7.11 Å². The smallest absolute Gasteiger partial charge is 0.338 e. The van der Waals surface area contributed by atoms with Crippen LogP contribution in [-0.4, -0.2) is 24.1 Å². The van der Waals surface area contributed by atoms with Crippen molar-refractivity contribution >= 4 is 11.5 Å². The van der Waals surface area contributed by atoms with E-state index in [0.29, 0.717) is 12.2 Å². The first kappa shape index (κ1) is 15.6. The Balaban J connectivity index is 2.57. The van der Waals surface area contributed by atoms with Gasteiger partial charge in [-0.3, -0.25) is 0 Å². The van der Waals surface area contributed by atoms with Crippen LogP contribution in [-0.2, 0) is 9.47 Å². The van der Waals surface area contributed by atoms with Gasteiger partial charge in [0.25, 0.3) is 0 Å². The molecule has 0 bridgehead atoms. The molecule has 4 heteroatoms. The minimum absolute atomic E-state index is 0.0428. The predicted octanol–water partition coefficient (Wildman–Crippen LogP) is 3.91. The van der Waals surface area contributed by atoms with Crippen molar-refractivity contribution in [1.29, 1.82) is 0 Å². The van der Waals surface area contributed by atoms with Crippen LogP contribution in [0.3, 0.4) is 0 Å².